The highest BCUT2D eigenvalue weighted by molar-refractivity contribution is 5.48. The minimum atomic E-state index is 0.521. The van der Waals surface area contributed by atoms with Gasteiger partial charge in [-0.2, -0.15) is 0 Å². The Morgan fingerprint density at radius 2 is 0.905 bits per heavy atom. The van der Waals surface area contributed by atoms with E-state index >= 15 is 0 Å². The second kappa shape index (κ2) is 14.6. The van der Waals surface area contributed by atoms with Crippen molar-refractivity contribution in [2.45, 2.75) is 117 Å². The Hall–Kier alpha value is -0.330. The third-order valence-electron chi connectivity index (χ3n) is 4.25. The summed E-state index contributed by atoms with van der Waals surface area (Å²) in [4.78, 5) is 10.2. The van der Waals surface area contributed by atoms with Crippen LogP contribution in [0.25, 0.3) is 0 Å². The van der Waals surface area contributed by atoms with Gasteiger partial charge in [0.25, 0.3) is 0 Å². The molecule has 1 nitrogen and oxygen atoms in total. The number of hydrogen-bond donors (Lipinski definition) is 0. The molecular weight excluding hydrogens is 256 g/mol. The van der Waals surface area contributed by atoms with E-state index in [-0.39, 0.29) is 0 Å². The molecule has 0 aromatic rings. The molecule has 0 aromatic carbocycles. The van der Waals surface area contributed by atoms with Gasteiger partial charge in [-0.15, -0.1) is 0 Å². The first-order valence-electron chi connectivity index (χ1n) is 9.50. The van der Waals surface area contributed by atoms with Crippen LogP contribution in [0.3, 0.4) is 0 Å². The van der Waals surface area contributed by atoms with Crippen LogP contribution < -0.4 is 0 Å². The molecule has 0 saturated heterocycles. The normalized spacial score (nSPS) is 11.8. The van der Waals surface area contributed by atoms with E-state index in [1.807, 2.05) is 0 Å². The topological polar surface area (TPSA) is 17.1 Å². The van der Waals surface area contributed by atoms with Gasteiger partial charge < -0.3 is 4.79 Å². The van der Waals surface area contributed by atoms with Crippen molar-refractivity contribution in [1.82, 2.24) is 0 Å². The lowest BCUT2D eigenvalue weighted by atomic mass is 9.89. The van der Waals surface area contributed by atoms with Crippen LogP contribution in [0.2, 0.25) is 0 Å². The summed E-state index contributed by atoms with van der Waals surface area (Å²) in [6, 6.07) is 0. The zero-order valence-electron chi connectivity index (χ0n) is 15.1. The van der Waals surface area contributed by atoms with E-state index in [0.29, 0.717) is 5.41 Å². The summed E-state index contributed by atoms with van der Waals surface area (Å²) < 4.78 is 0. The Balaban J connectivity index is 3.01. The summed E-state index contributed by atoms with van der Waals surface area (Å²) in [5.41, 5.74) is 0.521. The van der Waals surface area contributed by atoms with Gasteiger partial charge in [-0.25, -0.2) is 0 Å². The SMILES string of the molecule is CC(C)(C)CCCCCCCCCCCCCCCC=O. The summed E-state index contributed by atoms with van der Waals surface area (Å²) in [5.74, 6) is 0. The Labute approximate surface area is 134 Å². The molecule has 126 valence electrons. The van der Waals surface area contributed by atoms with Gasteiger partial charge in [-0.1, -0.05) is 97.8 Å². The van der Waals surface area contributed by atoms with Crippen molar-refractivity contribution in [1.29, 1.82) is 0 Å². The molecule has 1 heteroatoms. The summed E-state index contributed by atoms with van der Waals surface area (Å²) >= 11 is 0. The molecule has 0 amide bonds. The van der Waals surface area contributed by atoms with E-state index < -0.39 is 0 Å². The number of rotatable bonds is 15. The van der Waals surface area contributed by atoms with Crippen LogP contribution in [-0.4, -0.2) is 6.29 Å². The lowest BCUT2D eigenvalue weighted by molar-refractivity contribution is -0.107. The van der Waals surface area contributed by atoms with Gasteiger partial charge in [0.05, 0.1) is 0 Å². The van der Waals surface area contributed by atoms with Crippen molar-refractivity contribution >= 4 is 6.29 Å². The monoisotopic (exact) mass is 296 g/mol. The Kier molecular flexibility index (Phi) is 14.4. The van der Waals surface area contributed by atoms with Gasteiger partial charge in [0.15, 0.2) is 0 Å². The van der Waals surface area contributed by atoms with Gasteiger partial charge in [0.2, 0.25) is 0 Å². The smallest absolute Gasteiger partial charge is 0.119 e. The van der Waals surface area contributed by atoms with Gasteiger partial charge in [0, 0.05) is 6.42 Å². The van der Waals surface area contributed by atoms with Crippen LogP contribution in [0.4, 0.5) is 0 Å². The molecule has 0 fully saturated rings. The molecule has 0 N–H and O–H groups in total. The fourth-order valence-electron chi connectivity index (χ4n) is 2.83. The molecule has 0 aromatic heterocycles. The first-order valence-corrected chi connectivity index (χ1v) is 9.50. The largest absolute Gasteiger partial charge is 0.303 e. The quantitative estimate of drug-likeness (QED) is 0.233. The number of carbonyl (C=O) groups excluding carboxylic acids is 1. The fraction of sp³-hybridized carbons (Fsp3) is 0.950. The molecule has 0 bridgehead atoms. The van der Waals surface area contributed by atoms with Gasteiger partial charge in [-0.05, 0) is 18.3 Å². The van der Waals surface area contributed by atoms with Crippen molar-refractivity contribution in [3.8, 4) is 0 Å². The van der Waals surface area contributed by atoms with Crippen molar-refractivity contribution < 1.29 is 4.79 Å². The number of aldehydes is 1. The fourth-order valence-corrected chi connectivity index (χ4v) is 2.83. The molecule has 0 saturated carbocycles. The summed E-state index contributed by atoms with van der Waals surface area (Å²) in [6.45, 7) is 7.03. The first-order chi connectivity index (χ1) is 10.1. The maximum absolute atomic E-state index is 10.2. The number of carbonyl (C=O) groups is 1. The van der Waals surface area contributed by atoms with Crippen LogP contribution in [-0.2, 0) is 4.79 Å². The second-order valence-corrected chi connectivity index (χ2v) is 7.86. The lowest BCUT2D eigenvalue weighted by Crippen LogP contribution is -2.03. The van der Waals surface area contributed by atoms with Crippen LogP contribution >= 0.6 is 0 Å². The van der Waals surface area contributed by atoms with E-state index in [1.54, 1.807) is 0 Å². The zero-order valence-corrected chi connectivity index (χ0v) is 15.1. The molecule has 0 atom stereocenters. The third kappa shape index (κ3) is 19.7. The highest BCUT2D eigenvalue weighted by Gasteiger charge is 2.08. The van der Waals surface area contributed by atoms with Gasteiger partial charge in [0.1, 0.15) is 6.29 Å². The van der Waals surface area contributed by atoms with E-state index in [4.69, 9.17) is 0 Å². The first kappa shape index (κ1) is 20.7. The minimum Gasteiger partial charge on any atom is -0.303 e. The van der Waals surface area contributed by atoms with Crippen LogP contribution in [0.5, 0.6) is 0 Å². The molecular formula is C20H40O. The zero-order chi connectivity index (χ0) is 15.8. The third-order valence-corrected chi connectivity index (χ3v) is 4.25. The van der Waals surface area contributed by atoms with E-state index in [0.717, 1.165) is 19.1 Å². The summed E-state index contributed by atoms with van der Waals surface area (Å²) in [6.07, 6.45) is 21.0. The highest BCUT2D eigenvalue weighted by atomic mass is 16.1. The molecule has 0 aliphatic heterocycles. The molecule has 0 unspecified atom stereocenters. The average Bonchev–Trinajstić information content (AvgIpc) is 2.42. The van der Waals surface area contributed by atoms with Crippen molar-refractivity contribution in [3.05, 3.63) is 0 Å². The maximum Gasteiger partial charge on any atom is 0.119 e. The molecule has 0 rings (SSSR count). The van der Waals surface area contributed by atoms with Gasteiger partial charge in [-0.3, -0.25) is 0 Å². The van der Waals surface area contributed by atoms with Crippen LogP contribution in [0.15, 0.2) is 0 Å². The number of hydrogen-bond acceptors (Lipinski definition) is 1. The van der Waals surface area contributed by atoms with Crippen LogP contribution in [0.1, 0.15) is 117 Å². The molecule has 0 heterocycles. The van der Waals surface area contributed by atoms with E-state index in [2.05, 4.69) is 20.8 Å². The Bertz CT molecular complexity index is 214. The molecule has 0 aliphatic carbocycles. The van der Waals surface area contributed by atoms with Crippen molar-refractivity contribution in [2.75, 3.05) is 0 Å². The lowest BCUT2D eigenvalue weighted by Gasteiger charge is -2.17. The Morgan fingerprint density at radius 3 is 1.24 bits per heavy atom. The highest BCUT2D eigenvalue weighted by Crippen LogP contribution is 2.22. The predicted molar refractivity (Wildman–Crippen MR) is 94.8 cm³/mol. The van der Waals surface area contributed by atoms with E-state index in [9.17, 15) is 4.79 Å². The average molecular weight is 297 g/mol. The number of unbranched alkanes of at least 4 members (excludes halogenated alkanes) is 13. The summed E-state index contributed by atoms with van der Waals surface area (Å²) in [5, 5.41) is 0. The molecule has 0 aliphatic rings. The standard InChI is InChI=1S/C20H40O/c1-20(2,3)18-16-14-12-10-8-6-4-5-7-9-11-13-15-17-19-21/h19H,4-18H2,1-3H3. The second-order valence-electron chi connectivity index (χ2n) is 7.86. The van der Waals surface area contributed by atoms with Gasteiger partial charge >= 0.3 is 0 Å². The van der Waals surface area contributed by atoms with Crippen molar-refractivity contribution in [2.24, 2.45) is 5.41 Å². The molecule has 0 radical (unpaired) electrons. The summed E-state index contributed by atoms with van der Waals surface area (Å²) in [7, 11) is 0. The Morgan fingerprint density at radius 1 is 0.571 bits per heavy atom. The molecule has 0 spiro atoms. The molecule has 21 heavy (non-hydrogen) atoms. The van der Waals surface area contributed by atoms with Crippen LogP contribution in [0, 0.1) is 5.41 Å². The minimum absolute atomic E-state index is 0.521. The predicted octanol–water partition coefficient (Wildman–Crippen LogP) is 7.08. The maximum atomic E-state index is 10.2. The van der Waals surface area contributed by atoms with E-state index in [1.165, 1.54) is 83.5 Å². The van der Waals surface area contributed by atoms with Crippen molar-refractivity contribution in [3.63, 3.8) is 0 Å².